The van der Waals surface area contributed by atoms with Crippen LogP contribution in [0.2, 0.25) is 0 Å². The summed E-state index contributed by atoms with van der Waals surface area (Å²) in [5.41, 5.74) is 0.847. The summed E-state index contributed by atoms with van der Waals surface area (Å²) in [6.07, 6.45) is 3.34. The molecule has 1 aromatic heterocycles. The lowest BCUT2D eigenvalue weighted by molar-refractivity contribution is -0.0484. The second-order valence-electron chi connectivity index (χ2n) is 4.30. The molecule has 0 spiro atoms. The van der Waals surface area contributed by atoms with E-state index >= 15 is 0 Å². The van der Waals surface area contributed by atoms with Crippen LogP contribution in [0.5, 0.6) is 0 Å². The third-order valence-corrected chi connectivity index (χ3v) is 3.03. The monoisotopic (exact) mass is 223 g/mol. The van der Waals surface area contributed by atoms with Crippen LogP contribution >= 0.6 is 0 Å². The van der Waals surface area contributed by atoms with Crippen molar-refractivity contribution in [3.05, 3.63) is 24.3 Å². The fraction of sp³-hybridized carbons (Fsp3) is 0.545. The first kappa shape index (κ1) is 9.99. The summed E-state index contributed by atoms with van der Waals surface area (Å²) in [7, 11) is 0. The van der Waals surface area contributed by atoms with Crippen LogP contribution in [0.4, 0.5) is 10.1 Å². The van der Waals surface area contributed by atoms with Gasteiger partial charge in [0.15, 0.2) is 0 Å². The van der Waals surface area contributed by atoms with Gasteiger partial charge in [-0.15, -0.1) is 0 Å². The van der Waals surface area contributed by atoms with E-state index < -0.39 is 0 Å². The predicted octanol–water partition coefficient (Wildman–Crippen LogP) is 0.398. The van der Waals surface area contributed by atoms with Gasteiger partial charge in [-0.3, -0.25) is 4.98 Å². The minimum absolute atomic E-state index is 0.204. The molecule has 2 atom stereocenters. The molecule has 0 saturated carbocycles. The number of hydrogen-bond acceptors (Lipinski definition) is 4. The molecular formula is C11H14FN3O. The van der Waals surface area contributed by atoms with Gasteiger partial charge >= 0.3 is 0 Å². The first-order valence-electron chi connectivity index (χ1n) is 5.53. The molecule has 2 aliphatic heterocycles. The Bertz CT molecular complexity index is 375. The Labute approximate surface area is 93.4 Å². The van der Waals surface area contributed by atoms with Crippen LogP contribution < -0.4 is 10.2 Å². The van der Waals surface area contributed by atoms with Crippen molar-refractivity contribution in [2.24, 2.45) is 0 Å². The molecule has 86 valence electrons. The molecule has 2 unspecified atom stereocenters. The van der Waals surface area contributed by atoms with E-state index in [0.29, 0.717) is 0 Å². The zero-order valence-corrected chi connectivity index (χ0v) is 8.90. The molecule has 2 saturated heterocycles. The van der Waals surface area contributed by atoms with Crippen molar-refractivity contribution in [1.29, 1.82) is 0 Å². The lowest BCUT2D eigenvalue weighted by Gasteiger charge is -2.42. The molecule has 0 aliphatic carbocycles. The van der Waals surface area contributed by atoms with Crippen molar-refractivity contribution >= 4 is 5.69 Å². The number of hydrogen-bond donors (Lipinski definition) is 1. The number of anilines is 1. The van der Waals surface area contributed by atoms with E-state index in [0.717, 1.165) is 31.9 Å². The largest absolute Gasteiger partial charge is 0.369 e. The fourth-order valence-electron chi connectivity index (χ4n) is 2.34. The highest BCUT2D eigenvalue weighted by atomic mass is 19.1. The summed E-state index contributed by atoms with van der Waals surface area (Å²) in [5.74, 6) is -0.285. The van der Waals surface area contributed by atoms with Gasteiger partial charge in [0.05, 0.1) is 30.3 Å². The van der Waals surface area contributed by atoms with Crippen molar-refractivity contribution in [2.45, 2.75) is 12.2 Å². The first-order chi connectivity index (χ1) is 7.81. The van der Waals surface area contributed by atoms with E-state index in [-0.39, 0.29) is 18.0 Å². The summed E-state index contributed by atoms with van der Waals surface area (Å²) < 4.78 is 18.9. The number of pyridine rings is 1. The predicted molar refractivity (Wildman–Crippen MR) is 57.9 cm³/mol. The Morgan fingerprint density at radius 3 is 2.75 bits per heavy atom. The highest BCUT2D eigenvalue weighted by Gasteiger charge is 2.31. The highest BCUT2D eigenvalue weighted by Crippen LogP contribution is 2.21. The van der Waals surface area contributed by atoms with Crippen molar-refractivity contribution in [3.8, 4) is 0 Å². The molecule has 2 aliphatic rings. The van der Waals surface area contributed by atoms with E-state index in [2.05, 4.69) is 15.2 Å². The van der Waals surface area contributed by atoms with E-state index in [9.17, 15) is 4.39 Å². The fourth-order valence-corrected chi connectivity index (χ4v) is 2.34. The maximum Gasteiger partial charge on any atom is 0.143 e. The van der Waals surface area contributed by atoms with Crippen LogP contribution in [-0.2, 0) is 4.74 Å². The molecular weight excluding hydrogens is 209 g/mol. The molecule has 3 rings (SSSR count). The van der Waals surface area contributed by atoms with E-state index in [1.54, 1.807) is 6.20 Å². The number of nitrogens with one attached hydrogen (secondary N) is 1. The topological polar surface area (TPSA) is 37.4 Å². The van der Waals surface area contributed by atoms with E-state index in [1.165, 1.54) is 12.3 Å². The molecule has 0 radical (unpaired) electrons. The summed E-state index contributed by atoms with van der Waals surface area (Å²) >= 11 is 0. The number of aromatic nitrogens is 1. The number of ether oxygens (including phenoxy) is 1. The van der Waals surface area contributed by atoms with Gasteiger partial charge in [-0.1, -0.05) is 0 Å². The van der Waals surface area contributed by atoms with Gasteiger partial charge in [0.25, 0.3) is 0 Å². The summed E-state index contributed by atoms with van der Waals surface area (Å²) in [6.45, 7) is 3.34. The van der Waals surface area contributed by atoms with Gasteiger partial charge in [0.2, 0.25) is 0 Å². The number of halogens is 1. The van der Waals surface area contributed by atoms with E-state index in [4.69, 9.17) is 4.74 Å². The van der Waals surface area contributed by atoms with Crippen molar-refractivity contribution in [3.63, 3.8) is 0 Å². The van der Waals surface area contributed by atoms with Crippen molar-refractivity contribution in [2.75, 3.05) is 31.1 Å². The molecule has 3 heterocycles. The standard InChI is InChI=1S/C11H14FN3O/c12-8-1-9(3-13-2-8)15-6-10-4-14-5-11(7-15)16-10/h1-3,10-11,14H,4-7H2. The summed E-state index contributed by atoms with van der Waals surface area (Å²) in [4.78, 5) is 6.03. The highest BCUT2D eigenvalue weighted by molar-refractivity contribution is 5.45. The third-order valence-electron chi connectivity index (χ3n) is 3.03. The summed E-state index contributed by atoms with van der Waals surface area (Å²) in [6, 6.07) is 1.53. The van der Waals surface area contributed by atoms with Gasteiger partial charge in [0.1, 0.15) is 5.82 Å². The van der Waals surface area contributed by atoms with Crippen LogP contribution in [0.15, 0.2) is 18.5 Å². The number of rotatable bonds is 1. The second-order valence-corrected chi connectivity index (χ2v) is 4.30. The van der Waals surface area contributed by atoms with Crippen LogP contribution in [0.3, 0.4) is 0 Å². The van der Waals surface area contributed by atoms with Gasteiger partial charge in [-0.25, -0.2) is 4.39 Å². The van der Waals surface area contributed by atoms with E-state index in [1.807, 2.05) is 0 Å². The summed E-state index contributed by atoms with van der Waals surface area (Å²) in [5, 5.41) is 3.33. The Balaban J connectivity index is 1.80. The Morgan fingerprint density at radius 2 is 2.06 bits per heavy atom. The Kier molecular flexibility index (Phi) is 2.49. The maximum absolute atomic E-state index is 13.1. The van der Waals surface area contributed by atoms with Crippen LogP contribution in [0.25, 0.3) is 0 Å². The van der Waals surface area contributed by atoms with Crippen molar-refractivity contribution < 1.29 is 9.13 Å². The van der Waals surface area contributed by atoms with Crippen LogP contribution in [0, 0.1) is 5.82 Å². The second kappa shape index (κ2) is 3.99. The molecule has 1 aromatic rings. The Hall–Kier alpha value is -1.20. The SMILES string of the molecule is Fc1cncc(N2CC3CNCC(C2)O3)c1. The first-order valence-corrected chi connectivity index (χ1v) is 5.53. The average Bonchev–Trinajstić information content (AvgIpc) is 2.28. The van der Waals surface area contributed by atoms with Crippen LogP contribution in [-0.4, -0.2) is 43.4 Å². The zero-order valence-electron chi connectivity index (χ0n) is 8.90. The van der Waals surface area contributed by atoms with Gasteiger partial charge in [-0.05, 0) is 0 Å². The Morgan fingerprint density at radius 1 is 1.31 bits per heavy atom. The average molecular weight is 223 g/mol. The third kappa shape index (κ3) is 1.88. The van der Waals surface area contributed by atoms with Crippen LogP contribution in [0.1, 0.15) is 0 Å². The smallest absolute Gasteiger partial charge is 0.143 e. The van der Waals surface area contributed by atoms with Crippen molar-refractivity contribution in [1.82, 2.24) is 10.3 Å². The molecule has 1 N–H and O–H groups in total. The van der Waals surface area contributed by atoms with Gasteiger partial charge < -0.3 is 15.0 Å². The molecule has 4 nitrogen and oxygen atoms in total. The molecule has 0 aromatic carbocycles. The molecule has 5 heteroatoms. The minimum Gasteiger partial charge on any atom is -0.369 e. The number of fused-ring (bicyclic) bond motifs is 2. The molecule has 2 bridgehead atoms. The van der Waals surface area contributed by atoms with Gasteiger partial charge in [0, 0.05) is 32.2 Å². The molecule has 16 heavy (non-hydrogen) atoms. The molecule has 0 amide bonds. The lowest BCUT2D eigenvalue weighted by Crippen LogP contribution is -2.58. The molecule has 2 fully saturated rings. The minimum atomic E-state index is -0.285. The number of nitrogens with zero attached hydrogens (tertiary/aromatic N) is 2. The normalized spacial score (nSPS) is 29.2. The zero-order chi connectivity index (χ0) is 11.0. The van der Waals surface area contributed by atoms with Gasteiger partial charge in [-0.2, -0.15) is 0 Å². The lowest BCUT2D eigenvalue weighted by atomic mass is 10.1. The quantitative estimate of drug-likeness (QED) is 0.747. The number of morpholine rings is 2. The maximum atomic E-state index is 13.1.